The van der Waals surface area contributed by atoms with E-state index < -0.39 is 6.04 Å². The third kappa shape index (κ3) is 4.04. The molecule has 184 valence electrons. The molecule has 7 nitrogen and oxygen atoms in total. The normalized spacial score (nSPS) is 14.7. The summed E-state index contributed by atoms with van der Waals surface area (Å²) in [6, 6.07) is 25.1. The number of carbonyl (C=O) groups is 1. The van der Waals surface area contributed by atoms with Crippen LogP contribution in [0.15, 0.2) is 105 Å². The van der Waals surface area contributed by atoms with E-state index in [1.165, 1.54) is 0 Å². The zero-order valence-electron chi connectivity index (χ0n) is 20.0. The molecular formula is C30H23NO6. The van der Waals surface area contributed by atoms with Crippen molar-refractivity contribution in [2.24, 2.45) is 0 Å². The maximum Gasteiger partial charge on any atom is 0.291 e. The summed E-state index contributed by atoms with van der Waals surface area (Å²) in [7, 11) is 1.56. The molecule has 0 unspecified atom stereocenters. The first kappa shape index (κ1) is 22.7. The minimum absolute atomic E-state index is 0.0450. The van der Waals surface area contributed by atoms with Crippen LogP contribution in [0, 0.1) is 0 Å². The lowest BCUT2D eigenvalue weighted by molar-refractivity contribution is 0.0701. The molecule has 0 radical (unpaired) electrons. The number of ether oxygens (including phenoxy) is 2. The lowest BCUT2D eigenvalue weighted by Gasteiger charge is -2.25. The minimum Gasteiger partial charge on any atom is -0.493 e. The highest BCUT2D eigenvalue weighted by Gasteiger charge is 2.43. The Bertz CT molecular complexity index is 1640. The molecule has 2 aromatic heterocycles. The lowest BCUT2D eigenvalue weighted by Crippen LogP contribution is -2.29. The maximum absolute atomic E-state index is 13.7. The van der Waals surface area contributed by atoms with Crippen LogP contribution in [-0.4, -0.2) is 17.9 Å². The first-order valence-electron chi connectivity index (χ1n) is 11.9. The third-order valence-electron chi connectivity index (χ3n) is 6.52. The van der Waals surface area contributed by atoms with Gasteiger partial charge in [0.05, 0.1) is 36.9 Å². The Labute approximate surface area is 212 Å². The van der Waals surface area contributed by atoms with Gasteiger partial charge in [-0.2, -0.15) is 0 Å². The number of nitrogens with zero attached hydrogens (tertiary/aromatic N) is 1. The molecule has 1 atom stereocenters. The Morgan fingerprint density at radius 3 is 2.49 bits per heavy atom. The quantitative estimate of drug-likeness (QED) is 0.288. The number of rotatable bonds is 7. The van der Waals surface area contributed by atoms with E-state index in [1.807, 2.05) is 36.4 Å². The average molecular weight is 494 g/mol. The number of hydrogen-bond acceptors (Lipinski definition) is 6. The van der Waals surface area contributed by atoms with E-state index in [1.54, 1.807) is 66.8 Å². The summed E-state index contributed by atoms with van der Waals surface area (Å²) in [6.45, 7) is 0.548. The van der Waals surface area contributed by atoms with E-state index in [-0.39, 0.29) is 23.6 Å². The Kier molecular flexibility index (Phi) is 5.73. The van der Waals surface area contributed by atoms with Crippen LogP contribution in [-0.2, 0) is 13.2 Å². The summed E-state index contributed by atoms with van der Waals surface area (Å²) in [5.41, 5.74) is 2.17. The fourth-order valence-electron chi connectivity index (χ4n) is 4.76. The van der Waals surface area contributed by atoms with Crippen molar-refractivity contribution in [2.45, 2.75) is 19.2 Å². The molecule has 5 aromatic rings. The van der Waals surface area contributed by atoms with Crippen LogP contribution in [0.4, 0.5) is 0 Å². The molecule has 1 aliphatic rings. The number of amides is 1. The monoisotopic (exact) mass is 493 g/mol. The average Bonchev–Trinajstić information content (AvgIpc) is 3.55. The first-order chi connectivity index (χ1) is 18.1. The lowest BCUT2D eigenvalue weighted by atomic mass is 9.98. The molecule has 7 heteroatoms. The van der Waals surface area contributed by atoms with Gasteiger partial charge in [0.25, 0.3) is 5.91 Å². The van der Waals surface area contributed by atoms with Gasteiger partial charge in [-0.05, 0) is 47.5 Å². The summed E-state index contributed by atoms with van der Waals surface area (Å²) >= 11 is 0. The van der Waals surface area contributed by atoms with Crippen LogP contribution in [0.2, 0.25) is 0 Å². The summed E-state index contributed by atoms with van der Waals surface area (Å²) in [5, 5.41) is 0.425. The van der Waals surface area contributed by atoms with Crippen molar-refractivity contribution < 1.29 is 23.1 Å². The zero-order chi connectivity index (χ0) is 25.4. The van der Waals surface area contributed by atoms with Gasteiger partial charge in [-0.3, -0.25) is 9.59 Å². The molecule has 0 saturated carbocycles. The van der Waals surface area contributed by atoms with Crippen molar-refractivity contribution in [3.05, 3.63) is 130 Å². The molecule has 0 aliphatic carbocycles. The number of benzene rings is 3. The van der Waals surface area contributed by atoms with Crippen LogP contribution in [0.5, 0.6) is 11.5 Å². The van der Waals surface area contributed by atoms with Crippen LogP contribution < -0.4 is 14.9 Å². The number of para-hydroxylation sites is 1. The van der Waals surface area contributed by atoms with Crippen molar-refractivity contribution in [3.63, 3.8) is 0 Å². The molecule has 3 heterocycles. The second kappa shape index (κ2) is 9.35. The molecule has 0 saturated heterocycles. The van der Waals surface area contributed by atoms with E-state index in [2.05, 4.69) is 0 Å². The summed E-state index contributed by atoms with van der Waals surface area (Å²) in [6.07, 6.45) is 1.55. The first-order valence-corrected chi connectivity index (χ1v) is 11.9. The van der Waals surface area contributed by atoms with Gasteiger partial charge in [-0.15, -0.1) is 0 Å². The molecule has 0 spiro atoms. The fourth-order valence-corrected chi connectivity index (χ4v) is 4.76. The molecule has 37 heavy (non-hydrogen) atoms. The Balaban J connectivity index is 1.44. The van der Waals surface area contributed by atoms with Crippen molar-refractivity contribution in [2.75, 3.05) is 7.11 Å². The third-order valence-corrected chi connectivity index (χ3v) is 6.52. The van der Waals surface area contributed by atoms with Gasteiger partial charge in [0, 0.05) is 0 Å². The second-order valence-electron chi connectivity index (χ2n) is 8.77. The van der Waals surface area contributed by atoms with Crippen molar-refractivity contribution >= 4 is 16.9 Å². The van der Waals surface area contributed by atoms with Crippen LogP contribution in [0.25, 0.3) is 11.0 Å². The minimum atomic E-state index is -0.689. The molecule has 0 N–H and O–H groups in total. The maximum atomic E-state index is 13.7. The predicted octanol–water partition coefficient (Wildman–Crippen LogP) is 5.72. The molecule has 1 amide bonds. The van der Waals surface area contributed by atoms with E-state index >= 15 is 0 Å². The van der Waals surface area contributed by atoms with Gasteiger partial charge in [0.1, 0.15) is 18.0 Å². The van der Waals surface area contributed by atoms with Gasteiger partial charge in [0.2, 0.25) is 5.76 Å². The standard InChI is InChI=1S/C30H23NO6/c1-34-25-16-20(13-14-24(25)36-18-19-8-3-2-4-9-19)27-26-28(32)22-11-5-6-12-23(22)37-29(26)30(33)31(27)17-21-10-7-15-35-21/h2-16,27H,17-18H2,1H3/t27-/m0/s1. The Hall–Kier alpha value is -4.78. The Morgan fingerprint density at radius 2 is 1.70 bits per heavy atom. The second-order valence-corrected chi connectivity index (χ2v) is 8.77. The SMILES string of the molecule is COc1cc([C@H]2c3c(oc4ccccc4c3=O)C(=O)N2Cc2ccco2)ccc1OCc1ccccc1. The molecule has 0 bridgehead atoms. The molecule has 3 aromatic carbocycles. The smallest absolute Gasteiger partial charge is 0.291 e. The van der Waals surface area contributed by atoms with Crippen molar-refractivity contribution in [1.82, 2.24) is 4.90 Å². The van der Waals surface area contributed by atoms with Crippen molar-refractivity contribution in [3.8, 4) is 11.5 Å². The van der Waals surface area contributed by atoms with Crippen LogP contribution in [0.1, 0.15) is 39.0 Å². The number of carbonyl (C=O) groups excluding carboxylic acids is 1. The summed E-state index contributed by atoms with van der Waals surface area (Å²) in [5.74, 6) is 1.32. The molecule has 6 rings (SSSR count). The van der Waals surface area contributed by atoms with Crippen molar-refractivity contribution in [1.29, 1.82) is 0 Å². The largest absolute Gasteiger partial charge is 0.493 e. The van der Waals surface area contributed by atoms with E-state index in [9.17, 15) is 9.59 Å². The summed E-state index contributed by atoms with van der Waals surface area (Å²) < 4.78 is 23.2. The van der Waals surface area contributed by atoms with Crippen LogP contribution in [0.3, 0.4) is 0 Å². The van der Waals surface area contributed by atoms with E-state index in [4.69, 9.17) is 18.3 Å². The van der Waals surface area contributed by atoms with Gasteiger partial charge >= 0.3 is 0 Å². The topological polar surface area (TPSA) is 82.1 Å². The number of methoxy groups -OCH3 is 1. The molecular weight excluding hydrogens is 470 g/mol. The van der Waals surface area contributed by atoms with Gasteiger partial charge in [-0.1, -0.05) is 48.5 Å². The van der Waals surface area contributed by atoms with Gasteiger partial charge < -0.3 is 23.2 Å². The van der Waals surface area contributed by atoms with Gasteiger partial charge in [-0.25, -0.2) is 0 Å². The zero-order valence-corrected chi connectivity index (χ0v) is 20.0. The van der Waals surface area contributed by atoms with E-state index in [0.29, 0.717) is 46.0 Å². The van der Waals surface area contributed by atoms with E-state index in [0.717, 1.165) is 5.56 Å². The highest BCUT2D eigenvalue weighted by atomic mass is 16.5. The predicted molar refractivity (Wildman–Crippen MR) is 137 cm³/mol. The van der Waals surface area contributed by atoms with Crippen LogP contribution >= 0.6 is 0 Å². The number of hydrogen-bond donors (Lipinski definition) is 0. The molecule has 1 aliphatic heterocycles. The Morgan fingerprint density at radius 1 is 0.892 bits per heavy atom. The highest BCUT2D eigenvalue weighted by Crippen LogP contribution is 2.41. The number of furan rings is 1. The van der Waals surface area contributed by atoms with Gasteiger partial charge in [0.15, 0.2) is 16.9 Å². The number of fused-ring (bicyclic) bond motifs is 2. The highest BCUT2D eigenvalue weighted by molar-refractivity contribution is 5.99. The fraction of sp³-hybridized carbons (Fsp3) is 0.133. The summed E-state index contributed by atoms with van der Waals surface area (Å²) in [4.78, 5) is 28.8. The molecule has 0 fully saturated rings.